The summed E-state index contributed by atoms with van der Waals surface area (Å²) in [4.78, 5) is 38.1. The van der Waals surface area contributed by atoms with Gasteiger partial charge in [-0.15, -0.1) is 0 Å². The fourth-order valence-electron chi connectivity index (χ4n) is 2.82. The first-order valence-electron chi connectivity index (χ1n) is 8.87. The number of carbonyl (C=O) groups excluding carboxylic acids is 3. The third-order valence-electron chi connectivity index (χ3n) is 4.25. The molecule has 2 aromatic rings. The lowest BCUT2D eigenvalue weighted by Crippen LogP contribution is -2.52. The minimum atomic E-state index is -0.808. The maximum Gasteiger partial charge on any atom is 0.262 e. The number of hydrogen-bond acceptors (Lipinski definition) is 4. The molecule has 1 aliphatic heterocycles. The van der Waals surface area contributed by atoms with Crippen molar-refractivity contribution >= 4 is 29.5 Å². The fourth-order valence-corrected chi connectivity index (χ4v) is 2.82. The summed E-state index contributed by atoms with van der Waals surface area (Å²) < 4.78 is 5.67. The largest absolute Gasteiger partial charge is 0.477 e. The molecule has 0 unspecified atom stereocenters. The average molecular weight is 379 g/mol. The summed E-state index contributed by atoms with van der Waals surface area (Å²) >= 11 is 0. The number of rotatable bonds is 5. The van der Waals surface area contributed by atoms with Gasteiger partial charge in [-0.25, -0.2) is 0 Å². The van der Waals surface area contributed by atoms with Crippen LogP contribution in [0.5, 0.6) is 5.75 Å². The summed E-state index contributed by atoms with van der Waals surface area (Å²) in [7, 11) is 1.51. The minimum absolute atomic E-state index is 0.0746. The first kappa shape index (κ1) is 19.2. The Bertz CT molecular complexity index is 896. The van der Waals surface area contributed by atoms with Crippen LogP contribution in [0, 0.1) is 0 Å². The number of likely N-dealkylation sites (N-methyl/N-ethyl adjacent to an activating group) is 1. The molecule has 0 aromatic heterocycles. The lowest BCUT2D eigenvalue weighted by atomic mass is 10.1. The van der Waals surface area contributed by atoms with Crippen LogP contribution in [0.25, 0.3) is 6.08 Å². The van der Waals surface area contributed by atoms with Crippen LogP contribution in [-0.4, -0.2) is 44.0 Å². The van der Waals surface area contributed by atoms with Gasteiger partial charge in [-0.3, -0.25) is 14.4 Å². The van der Waals surface area contributed by atoms with E-state index >= 15 is 0 Å². The van der Waals surface area contributed by atoms with Crippen molar-refractivity contribution in [3.05, 3.63) is 66.2 Å². The van der Waals surface area contributed by atoms with Crippen LogP contribution >= 0.6 is 0 Å². The van der Waals surface area contributed by atoms with Gasteiger partial charge in [0.2, 0.25) is 11.8 Å². The Morgan fingerprint density at radius 2 is 1.82 bits per heavy atom. The SMILES string of the molecule is CNC(=O)[C@@H]1CN(C(=O)CNC(=O)/C=C/c2ccccc2)c2ccccc2O1. The van der Waals surface area contributed by atoms with Crippen molar-refractivity contribution < 1.29 is 19.1 Å². The zero-order chi connectivity index (χ0) is 19.9. The van der Waals surface area contributed by atoms with Gasteiger partial charge in [0.15, 0.2) is 6.10 Å². The summed E-state index contributed by atoms with van der Waals surface area (Å²) in [5.41, 5.74) is 1.46. The van der Waals surface area contributed by atoms with E-state index in [4.69, 9.17) is 4.74 Å². The second kappa shape index (κ2) is 8.85. The highest BCUT2D eigenvalue weighted by Crippen LogP contribution is 2.33. The molecule has 0 radical (unpaired) electrons. The number of ether oxygens (including phenoxy) is 1. The molecule has 1 aliphatic rings. The number of benzene rings is 2. The van der Waals surface area contributed by atoms with Gasteiger partial charge in [0.1, 0.15) is 5.75 Å². The smallest absolute Gasteiger partial charge is 0.262 e. The summed E-state index contributed by atoms with van der Waals surface area (Å²) in [5.74, 6) is -0.569. The van der Waals surface area contributed by atoms with E-state index in [-0.39, 0.29) is 30.8 Å². The molecule has 28 heavy (non-hydrogen) atoms. The summed E-state index contributed by atoms with van der Waals surface area (Å²) in [6.07, 6.45) is 2.24. The number of para-hydroxylation sites is 2. The van der Waals surface area contributed by atoms with Crippen LogP contribution in [-0.2, 0) is 14.4 Å². The number of fused-ring (bicyclic) bond motifs is 1. The Labute approximate surface area is 163 Å². The van der Waals surface area contributed by atoms with Crippen molar-refractivity contribution in [3.63, 3.8) is 0 Å². The Kier molecular flexibility index (Phi) is 6.06. The zero-order valence-electron chi connectivity index (χ0n) is 15.4. The molecule has 1 atom stereocenters. The van der Waals surface area contributed by atoms with Crippen molar-refractivity contribution in [2.24, 2.45) is 0 Å². The lowest BCUT2D eigenvalue weighted by molar-refractivity contribution is -0.128. The molecule has 0 saturated heterocycles. The van der Waals surface area contributed by atoms with Crippen molar-refractivity contribution in [1.82, 2.24) is 10.6 Å². The predicted molar refractivity (Wildman–Crippen MR) is 106 cm³/mol. The van der Waals surface area contributed by atoms with Crippen LogP contribution in [0.4, 0.5) is 5.69 Å². The molecule has 2 aromatic carbocycles. The van der Waals surface area contributed by atoms with Crippen LogP contribution in [0.15, 0.2) is 60.7 Å². The van der Waals surface area contributed by atoms with E-state index in [1.807, 2.05) is 30.3 Å². The maximum atomic E-state index is 12.7. The molecule has 7 nitrogen and oxygen atoms in total. The van der Waals surface area contributed by atoms with Gasteiger partial charge in [-0.05, 0) is 23.8 Å². The number of amides is 3. The Morgan fingerprint density at radius 3 is 2.57 bits per heavy atom. The standard InChI is InChI=1S/C21H21N3O4/c1-22-21(27)18-14-24(16-9-5-6-10-17(16)28-18)20(26)13-23-19(25)12-11-15-7-3-2-4-8-15/h2-12,18H,13-14H2,1H3,(H,22,27)(H,23,25)/b12-11+/t18-/m0/s1. The van der Waals surface area contributed by atoms with Crippen LogP contribution in [0.3, 0.4) is 0 Å². The van der Waals surface area contributed by atoms with E-state index in [0.717, 1.165) is 5.56 Å². The number of hydrogen-bond donors (Lipinski definition) is 2. The van der Waals surface area contributed by atoms with Crippen molar-refractivity contribution in [1.29, 1.82) is 0 Å². The highest BCUT2D eigenvalue weighted by Gasteiger charge is 2.33. The molecule has 1 heterocycles. The molecule has 0 spiro atoms. The van der Waals surface area contributed by atoms with Crippen LogP contribution < -0.4 is 20.3 Å². The number of anilines is 1. The molecule has 144 valence electrons. The molecule has 0 bridgehead atoms. The van der Waals surface area contributed by atoms with E-state index in [9.17, 15) is 14.4 Å². The first-order chi connectivity index (χ1) is 13.6. The second-order valence-corrected chi connectivity index (χ2v) is 6.15. The fraction of sp³-hybridized carbons (Fsp3) is 0.190. The molecule has 7 heteroatoms. The van der Waals surface area contributed by atoms with E-state index in [1.54, 1.807) is 30.3 Å². The van der Waals surface area contributed by atoms with E-state index in [0.29, 0.717) is 11.4 Å². The van der Waals surface area contributed by atoms with Gasteiger partial charge in [0.25, 0.3) is 5.91 Å². The molecule has 0 saturated carbocycles. The normalized spacial score (nSPS) is 15.5. The summed E-state index contributed by atoms with van der Waals surface area (Å²) in [5, 5.41) is 5.11. The average Bonchev–Trinajstić information content (AvgIpc) is 2.75. The Morgan fingerprint density at radius 1 is 1.11 bits per heavy atom. The molecule has 0 aliphatic carbocycles. The van der Waals surface area contributed by atoms with E-state index in [2.05, 4.69) is 10.6 Å². The summed E-state index contributed by atoms with van der Waals surface area (Å²) in [6.45, 7) is -0.113. The van der Waals surface area contributed by atoms with Gasteiger partial charge >= 0.3 is 0 Å². The van der Waals surface area contributed by atoms with Crippen molar-refractivity contribution in [2.75, 3.05) is 25.0 Å². The number of carbonyl (C=O) groups is 3. The minimum Gasteiger partial charge on any atom is -0.477 e. The van der Waals surface area contributed by atoms with Crippen LogP contribution in [0.2, 0.25) is 0 Å². The van der Waals surface area contributed by atoms with Gasteiger partial charge in [0, 0.05) is 13.1 Å². The quantitative estimate of drug-likeness (QED) is 0.768. The van der Waals surface area contributed by atoms with Gasteiger partial charge < -0.3 is 20.3 Å². The molecule has 0 fully saturated rings. The monoisotopic (exact) mass is 379 g/mol. The third kappa shape index (κ3) is 4.56. The van der Waals surface area contributed by atoms with Gasteiger partial charge in [-0.1, -0.05) is 42.5 Å². The van der Waals surface area contributed by atoms with Crippen molar-refractivity contribution in [3.8, 4) is 5.75 Å². The second-order valence-electron chi connectivity index (χ2n) is 6.15. The summed E-state index contributed by atoms with van der Waals surface area (Å²) in [6, 6.07) is 16.4. The predicted octanol–water partition coefficient (Wildman–Crippen LogP) is 1.36. The zero-order valence-corrected chi connectivity index (χ0v) is 15.4. The van der Waals surface area contributed by atoms with Crippen LogP contribution in [0.1, 0.15) is 5.56 Å². The molecule has 3 amide bonds. The first-order valence-corrected chi connectivity index (χ1v) is 8.87. The Hall–Kier alpha value is -3.61. The molecular weight excluding hydrogens is 358 g/mol. The molecule has 2 N–H and O–H groups in total. The van der Waals surface area contributed by atoms with Gasteiger partial charge in [0.05, 0.1) is 18.8 Å². The van der Waals surface area contributed by atoms with Crippen molar-refractivity contribution in [2.45, 2.75) is 6.10 Å². The number of nitrogens with one attached hydrogen (secondary N) is 2. The number of nitrogens with zero attached hydrogens (tertiary/aromatic N) is 1. The van der Waals surface area contributed by atoms with E-state index < -0.39 is 6.10 Å². The topological polar surface area (TPSA) is 87.7 Å². The molecular formula is C21H21N3O4. The lowest BCUT2D eigenvalue weighted by Gasteiger charge is -2.34. The molecule has 3 rings (SSSR count). The third-order valence-corrected chi connectivity index (χ3v) is 4.25. The maximum absolute atomic E-state index is 12.7. The van der Waals surface area contributed by atoms with E-state index in [1.165, 1.54) is 18.0 Å². The highest BCUT2D eigenvalue weighted by atomic mass is 16.5. The Balaban J connectivity index is 1.65. The van der Waals surface area contributed by atoms with Gasteiger partial charge in [-0.2, -0.15) is 0 Å². The highest BCUT2D eigenvalue weighted by molar-refractivity contribution is 6.01.